The topological polar surface area (TPSA) is 115 Å². The zero-order chi connectivity index (χ0) is 35.3. The number of likely N-dealkylation sites (tertiary alicyclic amines) is 1. The predicted octanol–water partition coefficient (Wildman–Crippen LogP) is 8.15. The van der Waals surface area contributed by atoms with E-state index in [4.69, 9.17) is 9.73 Å². The van der Waals surface area contributed by atoms with Crippen LogP contribution in [0.1, 0.15) is 55.9 Å². The number of fused-ring (bicyclic) bond motifs is 1. The summed E-state index contributed by atoms with van der Waals surface area (Å²) >= 11 is 0. The van der Waals surface area contributed by atoms with Gasteiger partial charge in [0.05, 0.1) is 23.2 Å². The number of carbonyl (C=O) groups is 3. The number of hydrogen-bond acceptors (Lipinski definition) is 6. The first-order valence-corrected chi connectivity index (χ1v) is 16.9. The Morgan fingerprint density at radius 1 is 0.902 bits per heavy atom. The molecule has 51 heavy (non-hydrogen) atoms. The SMILES string of the molecule is CC(C)(C)OC(=O)n1cc(C[C@H](N=C(c2ccccc2)c2ccccc2[N-]C(=O)[C@@H]2CCCN2Cc2ccccc2)C(=O)O)c2ccccc21.[Ni]. The molecule has 266 valence electrons. The molecule has 0 bridgehead atoms. The van der Waals surface area contributed by atoms with Crippen LogP contribution < -0.4 is 0 Å². The molecule has 1 aromatic heterocycles. The van der Waals surface area contributed by atoms with Crippen LogP contribution in [0.5, 0.6) is 0 Å². The van der Waals surface area contributed by atoms with Gasteiger partial charge in [-0.2, -0.15) is 0 Å². The van der Waals surface area contributed by atoms with Gasteiger partial charge in [-0.15, -0.1) is 5.69 Å². The third-order valence-electron chi connectivity index (χ3n) is 8.68. The van der Waals surface area contributed by atoms with Crippen molar-refractivity contribution in [3.63, 3.8) is 0 Å². The number of nitrogens with zero attached hydrogens (tertiary/aromatic N) is 4. The summed E-state index contributed by atoms with van der Waals surface area (Å²) in [5.74, 6) is -1.36. The molecule has 6 rings (SSSR count). The van der Waals surface area contributed by atoms with E-state index in [2.05, 4.69) is 22.3 Å². The number of carboxylic acids is 1. The second-order valence-electron chi connectivity index (χ2n) is 13.5. The first-order chi connectivity index (χ1) is 24.1. The number of carbonyl (C=O) groups excluding carboxylic acids is 2. The van der Waals surface area contributed by atoms with E-state index in [0.717, 1.165) is 30.3 Å². The summed E-state index contributed by atoms with van der Waals surface area (Å²) < 4.78 is 7.05. The van der Waals surface area contributed by atoms with Crippen LogP contribution >= 0.6 is 0 Å². The summed E-state index contributed by atoms with van der Waals surface area (Å²) in [6.45, 7) is 6.86. The van der Waals surface area contributed by atoms with Gasteiger partial charge in [0.25, 0.3) is 0 Å². The number of benzene rings is 4. The van der Waals surface area contributed by atoms with E-state index in [9.17, 15) is 19.5 Å². The van der Waals surface area contributed by atoms with Crippen molar-refractivity contribution in [1.29, 1.82) is 0 Å². The number of aliphatic carboxylic acids is 1. The van der Waals surface area contributed by atoms with Gasteiger partial charge in [0.2, 0.25) is 0 Å². The Morgan fingerprint density at radius 2 is 1.55 bits per heavy atom. The van der Waals surface area contributed by atoms with Crippen LogP contribution in [0.4, 0.5) is 10.5 Å². The number of hydrogen-bond donors (Lipinski definition) is 1. The molecule has 1 fully saturated rings. The maximum Gasteiger partial charge on any atom is 0.419 e. The summed E-state index contributed by atoms with van der Waals surface area (Å²) in [4.78, 5) is 46.9. The monoisotopic (exact) mass is 727 g/mol. The third-order valence-corrected chi connectivity index (χ3v) is 8.68. The number of para-hydroxylation sites is 2. The first kappa shape index (κ1) is 37.2. The van der Waals surface area contributed by atoms with Gasteiger partial charge in [-0.05, 0) is 62.9 Å². The maximum atomic E-state index is 13.8. The van der Waals surface area contributed by atoms with Gasteiger partial charge in [0.15, 0.2) is 6.04 Å². The number of rotatable bonds is 10. The van der Waals surface area contributed by atoms with Gasteiger partial charge in [-0.25, -0.2) is 9.59 Å². The summed E-state index contributed by atoms with van der Waals surface area (Å²) in [5, 5.41) is 15.9. The smallest absolute Gasteiger partial charge is 0.419 e. The molecule has 0 radical (unpaired) electrons. The van der Waals surface area contributed by atoms with Crippen molar-refractivity contribution in [3.05, 3.63) is 143 Å². The van der Waals surface area contributed by atoms with Crippen molar-refractivity contribution in [1.82, 2.24) is 9.47 Å². The second kappa shape index (κ2) is 16.3. The molecule has 2 heterocycles. The fraction of sp³-hybridized carbons (Fsp3) is 0.268. The molecule has 1 aliphatic rings. The Balaban J connectivity index is 0.00000504. The summed E-state index contributed by atoms with van der Waals surface area (Å²) in [5.41, 5.74) is 3.77. The van der Waals surface area contributed by atoms with Gasteiger partial charge >= 0.3 is 12.1 Å². The molecule has 4 aromatic carbocycles. The Labute approximate surface area is 308 Å². The fourth-order valence-electron chi connectivity index (χ4n) is 6.40. The van der Waals surface area contributed by atoms with Crippen molar-refractivity contribution in [3.8, 4) is 0 Å². The molecule has 0 spiro atoms. The Kier molecular flexibility index (Phi) is 11.9. The van der Waals surface area contributed by atoms with E-state index >= 15 is 0 Å². The van der Waals surface area contributed by atoms with Gasteiger partial charge in [-0.1, -0.05) is 103 Å². The van der Waals surface area contributed by atoms with Crippen molar-refractivity contribution in [2.45, 2.75) is 64.3 Å². The normalized spacial score (nSPS) is 15.6. The van der Waals surface area contributed by atoms with Gasteiger partial charge in [-0.3, -0.25) is 14.5 Å². The number of aromatic nitrogens is 1. The molecule has 1 amide bonds. The predicted molar refractivity (Wildman–Crippen MR) is 195 cm³/mol. The van der Waals surface area contributed by atoms with E-state index in [1.54, 1.807) is 39.1 Å². The van der Waals surface area contributed by atoms with Crippen molar-refractivity contribution < 1.29 is 40.7 Å². The summed E-state index contributed by atoms with van der Waals surface area (Å²) in [6.07, 6.45) is 2.72. The molecule has 0 unspecified atom stereocenters. The molecule has 9 nitrogen and oxygen atoms in total. The number of amides is 1. The second-order valence-corrected chi connectivity index (χ2v) is 13.5. The first-order valence-electron chi connectivity index (χ1n) is 16.9. The minimum atomic E-state index is -1.22. The molecule has 0 saturated carbocycles. The van der Waals surface area contributed by atoms with Crippen molar-refractivity contribution >= 4 is 40.3 Å². The number of ether oxygens (including phenoxy) is 1. The molecular weight excluding hydrogens is 687 g/mol. The molecular formula is C41H41N4NiO5-. The Hall–Kier alpha value is -5.05. The minimum absolute atomic E-state index is 0. The molecule has 10 heteroatoms. The standard InChI is InChI=1S/C41H42N4O5.Ni/c1-41(2,3)50-40(49)45-27-30(31-19-11-13-22-35(31)45)25-34(39(47)48)42-37(29-17-8-5-9-18-29)32-20-10-12-21-33(32)43-38(46)36-23-14-24-44(36)26-28-15-6-4-7-16-28;/h4-13,15-22,27,34,36H,14,23-26H2,1-3H3,(H2,42,43,46,47,48);/p-1/t34-,36-;/m0./s1. The third kappa shape index (κ3) is 9.01. The quantitative estimate of drug-likeness (QED) is 0.115. The zero-order valence-corrected chi connectivity index (χ0v) is 29.8. The van der Waals surface area contributed by atoms with E-state index < -0.39 is 23.7 Å². The van der Waals surface area contributed by atoms with Crippen LogP contribution in [-0.2, 0) is 43.8 Å². The van der Waals surface area contributed by atoms with Crippen LogP contribution in [0.15, 0.2) is 120 Å². The summed E-state index contributed by atoms with van der Waals surface area (Å²) in [6, 6.07) is 32.4. The van der Waals surface area contributed by atoms with Crippen LogP contribution in [0.3, 0.4) is 0 Å². The Bertz CT molecular complexity index is 2020. The van der Waals surface area contributed by atoms with Gasteiger partial charge < -0.3 is 20.0 Å². The van der Waals surface area contributed by atoms with E-state index in [-0.39, 0.29) is 34.9 Å². The van der Waals surface area contributed by atoms with E-state index in [0.29, 0.717) is 40.2 Å². The van der Waals surface area contributed by atoms with Gasteiger partial charge in [0, 0.05) is 46.6 Å². The molecule has 2 atom stereocenters. The largest absolute Gasteiger partial charge is 0.625 e. The minimum Gasteiger partial charge on any atom is -0.625 e. The fourth-order valence-corrected chi connectivity index (χ4v) is 6.40. The molecule has 1 saturated heterocycles. The van der Waals surface area contributed by atoms with Crippen molar-refractivity contribution in [2.75, 3.05) is 6.54 Å². The maximum absolute atomic E-state index is 13.8. The van der Waals surface area contributed by atoms with Gasteiger partial charge in [0.1, 0.15) is 5.60 Å². The van der Waals surface area contributed by atoms with Crippen molar-refractivity contribution in [2.24, 2.45) is 4.99 Å². The molecule has 1 N–H and O–H groups in total. The zero-order valence-electron chi connectivity index (χ0n) is 28.8. The number of aliphatic imine (C=N–C) groups is 1. The molecule has 5 aromatic rings. The van der Waals surface area contributed by atoms with Crippen LogP contribution in [0.25, 0.3) is 16.2 Å². The number of carboxylic acid groups (broad SMARTS) is 1. The van der Waals surface area contributed by atoms with Crippen LogP contribution in [0.2, 0.25) is 0 Å². The average molecular weight is 728 g/mol. The van der Waals surface area contributed by atoms with Crippen LogP contribution in [-0.4, -0.2) is 62.5 Å². The molecule has 0 aliphatic carbocycles. The van der Waals surface area contributed by atoms with E-state index in [1.807, 2.05) is 84.9 Å². The Morgan fingerprint density at radius 3 is 2.25 bits per heavy atom. The average Bonchev–Trinajstić information content (AvgIpc) is 3.72. The summed E-state index contributed by atoms with van der Waals surface area (Å²) in [7, 11) is 0. The van der Waals surface area contributed by atoms with E-state index in [1.165, 1.54) is 4.57 Å². The molecule has 1 aliphatic heterocycles. The van der Waals surface area contributed by atoms with Crippen LogP contribution in [0, 0.1) is 0 Å².